The predicted octanol–water partition coefficient (Wildman–Crippen LogP) is 1.88. The van der Waals surface area contributed by atoms with Gasteiger partial charge in [0.15, 0.2) is 5.96 Å². The average Bonchev–Trinajstić information content (AvgIpc) is 3.40. The smallest absolute Gasteiger partial charge is 0.407 e. The van der Waals surface area contributed by atoms with Crippen LogP contribution >= 0.6 is 0 Å². The molecule has 7 heteroatoms. The number of rotatable bonds is 12. The zero-order valence-electron chi connectivity index (χ0n) is 15.4. The summed E-state index contributed by atoms with van der Waals surface area (Å²) in [5.41, 5.74) is 0. The second-order valence-electron chi connectivity index (χ2n) is 6.01. The standard InChI is InChI=1S/C17H34N4O3/c1-4-6-11-23-12-7-10-19-16(18-3)20-13-15(14-8-9-14)21-17(22)24-5-2/h14-15H,4-13H2,1-3H3,(H,21,22)(H2,18,19,20). The van der Waals surface area contributed by atoms with Gasteiger partial charge in [0, 0.05) is 33.4 Å². The van der Waals surface area contributed by atoms with Crippen molar-refractivity contribution < 1.29 is 14.3 Å². The van der Waals surface area contributed by atoms with Crippen LogP contribution in [0.5, 0.6) is 0 Å². The zero-order chi connectivity index (χ0) is 17.6. The summed E-state index contributed by atoms with van der Waals surface area (Å²) in [5, 5.41) is 9.47. The fourth-order valence-corrected chi connectivity index (χ4v) is 2.32. The van der Waals surface area contributed by atoms with E-state index in [9.17, 15) is 4.79 Å². The highest BCUT2D eigenvalue weighted by Crippen LogP contribution is 2.32. The summed E-state index contributed by atoms with van der Waals surface area (Å²) in [7, 11) is 1.75. The van der Waals surface area contributed by atoms with Gasteiger partial charge in [0.05, 0.1) is 12.6 Å². The van der Waals surface area contributed by atoms with E-state index in [0.717, 1.165) is 57.8 Å². The minimum absolute atomic E-state index is 0.0833. The highest BCUT2D eigenvalue weighted by molar-refractivity contribution is 5.79. The first kappa shape index (κ1) is 20.5. The van der Waals surface area contributed by atoms with Gasteiger partial charge in [-0.2, -0.15) is 0 Å². The number of ether oxygens (including phenoxy) is 2. The monoisotopic (exact) mass is 342 g/mol. The van der Waals surface area contributed by atoms with Crippen LogP contribution in [0.4, 0.5) is 4.79 Å². The Hall–Kier alpha value is -1.50. The summed E-state index contributed by atoms with van der Waals surface area (Å²) >= 11 is 0. The Labute approximate surface area is 146 Å². The second kappa shape index (κ2) is 12.9. The predicted molar refractivity (Wildman–Crippen MR) is 96.4 cm³/mol. The molecule has 1 unspecified atom stereocenters. The van der Waals surface area contributed by atoms with Crippen molar-refractivity contribution in [3.63, 3.8) is 0 Å². The number of carbonyl (C=O) groups excluding carboxylic acids is 1. The number of hydrogen-bond acceptors (Lipinski definition) is 4. The van der Waals surface area contributed by atoms with E-state index in [2.05, 4.69) is 27.9 Å². The Morgan fingerprint density at radius 2 is 1.96 bits per heavy atom. The van der Waals surface area contributed by atoms with Crippen LogP contribution in [-0.2, 0) is 9.47 Å². The maximum Gasteiger partial charge on any atom is 0.407 e. The van der Waals surface area contributed by atoms with Crippen LogP contribution in [0.25, 0.3) is 0 Å². The second-order valence-corrected chi connectivity index (χ2v) is 6.01. The van der Waals surface area contributed by atoms with Crippen molar-refractivity contribution in [1.82, 2.24) is 16.0 Å². The fraction of sp³-hybridized carbons (Fsp3) is 0.882. The average molecular weight is 342 g/mol. The fourth-order valence-electron chi connectivity index (χ4n) is 2.32. The van der Waals surface area contributed by atoms with E-state index >= 15 is 0 Å². The number of guanidine groups is 1. The van der Waals surface area contributed by atoms with Crippen molar-refractivity contribution in [2.75, 3.05) is 40.0 Å². The Morgan fingerprint density at radius 1 is 1.21 bits per heavy atom. The third-order valence-electron chi connectivity index (χ3n) is 3.88. The maximum absolute atomic E-state index is 11.6. The molecule has 0 aromatic carbocycles. The molecule has 0 aromatic rings. The highest BCUT2D eigenvalue weighted by Gasteiger charge is 2.32. The lowest BCUT2D eigenvalue weighted by atomic mass is 10.2. The summed E-state index contributed by atoms with van der Waals surface area (Å²) in [6.45, 7) is 7.42. The van der Waals surface area contributed by atoms with Gasteiger partial charge in [-0.15, -0.1) is 0 Å². The van der Waals surface area contributed by atoms with E-state index in [1.807, 2.05) is 6.92 Å². The molecular formula is C17H34N4O3. The van der Waals surface area contributed by atoms with E-state index in [1.54, 1.807) is 7.05 Å². The van der Waals surface area contributed by atoms with Crippen molar-refractivity contribution in [3.8, 4) is 0 Å². The number of unbranched alkanes of at least 4 members (excludes halogenated alkanes) is 1. The number of nitrogens with one attached hydrogen (secondary N) is 3. The van der Waals surface area contributed by atoms with Crippen LogP contribution in [0.15, 0.2) is 4.99 Å². The zero-order valence-corrected chi connectivity index (χ0v) is 15.4. The molecule has 0 spiro atoms. The molecule has 1 saturated carbocycles. The van der Waals surface area contributed by atoms with Gasteiger partial charge < -0.3 is 25.4 Å². The number of aliphatic imine (C=N–C) groups is 1. The molecule has 0 aliphatic heterocycles. The number of hydrogen-bond donors (Lipinski definition) is 3. The van der Waals surface area contributed by atoms with Crippen LogP contribution < -0.4 is 16.0 Å². The summed E-state index contributed by atoms with van der Waals surface area (Å²) in [6, 6.07) is 0.0833. The summed E-state index contributed by atoms with van der Waals surface area (Å²) in [4.78, 5) is 15.8. The van der Waals surface area contributed by atoms with E-state index in [0.29, 0.717) is 19.1 Å². The Balaban J connectivity index is 2.17. The van der Waals surface area contributed by atoms with Crippen molar-refractivity contribution in [1.29, 1.82) is 0 Å². The van der Waals surface area contributed by atoms with Gasteiger partial charge in [-0.3, -0.25) is 4.99 Å². The van der Waals surface area contributed by atoms with Gasteiger partial charge in [0.1, 0.15) is 0 Å². The largest absolute Gasteiger partial charge is 0.450 e. The van der Waals surface area contributed by atoms with Gasteiger partial charge in [0.2, 0.25) is 0 Å². The molecule has 1 aliphatic rings. The molecule has 0 saturated heterocycles. The van der Waals surface area contributed by atoms with E-state index in [-0.39, 0.29) is 12.1 Å². The van der Waals surface area contributed by atoms with E-state index in [1.165, 1.54) is 0 Å². The topological polar surface area (TPSA) is 84.0 Å². The van der Waals surface area contributed by atoms with Crippen molar-refractivity contribution in [2.45, 2.75) is 52.0 Å². The molecular weight excluding hydrogens is 308 g/mol. The van der Waals surface area contributed by atoms with Crippen molar-refractivity contribution in [3.05, 3.63) is 0 Å². The Morgan fingerprint density at radius 3 is 2.58 bits per heavy atom. The van der Waals surface area contributed by atoms with Gasteiger partial charge in [-0.05, 0) is 38.5 Å². The first-order valence-corrected chi connectivity index (χ1v) is 9.16. The molecule has 1 amide bonds. The van der Waals surface area contributed by atoms with Crippen LogP contribution in [0.1, 0.15) is 46.0 Å². The van der Waals surface area contributed by atoms with Gasteiger partial charge in [-0.25, -0.2) is 4.79 Å². The normalized spacial score (nSPS) is 15.7. The first-order valence-electron chi connectivity index (χ1n) is 9.16. The number of nitrogens with zero attached hydrogens (tertiary/aromatic N) is 1. The van der Waals surface area contributed by atoms with Gasteiger partial charge >= 0.3 is 6.09 Å². The lowest BCUT2D eigenvalue weighted by Gasteiger charge is -2.20. The molecule has 0 bridgehead atoms. The Kier molecular flexibility index (Phi) is 11.0. The van der Waals surface area contributed by atoms with Gasteiger partial charge in [0.25, 0.3) is 0 Å². The molecule has 0 aromatic heterocycles. The van der Waals surface area contributed by atoms with Crippen LogP contribution in [0.2, 0.25) is 0 Å². The number of amides is 1. The molecule has 1 rings (SSSR count). The van der Waals surface area contributed by atoms with Crippen molar-refractivity contribution in [2.24, 2.45) is 10.9 Å². The lowest BCUT2D eigenvalue weighted by Crippen LogP contribution is -2.48. The number of carbonyl (C=O) groups is 1. The Bertz CT molecular complexity index is 373. The summed E-state index contributed by atoms with van der Waals surface area (Å²) in [6.07, 6.45) is 5.18. The molecule has 140 valence electrons. The van der Waals surface area contributed by atoms with Crippen LogP contribution in [0.3, 0.4) is 0 Å². The molecule has 1 aliphatic carbocycles. The third kappa shape index (κ3) is 9.60. The molecule has 1 fully saturated rings. The van der Waals surface area contributed by atoms with Crippen LogP contribution in [-0.4, -0.2) is 58.1 Å². The SMILES string of the molecule is CCCCOCCCNC(=NC)NCC(NC(=O)OCC)C1CC1. The summed E-state index contributed by atoms with van der Waals surface area (Å²) < 4.78 is 10.5. The van der Waals surface area contributed by atoms with Gasteiger partial charge in [-0.1, -0.05) is 13.3 Å². The molecule has 7 nitrogen and oxygen atoms in total. The molecule has 24 heavy (non-hydrogen) atoms. The molecule has 3 N–H and O–H groups in total. The van der Waals surface area contributed by atoms with E-state index in [4.69, 9.17) is 9.47 Å². The van der Waals surface area contributed by atoms with E-state index < -0.39 is 0 Å². The molecule has 0 radical (unpaired) electrons. The van der Waals surface area contributed by atoms with Crippen molar-refractivity contribution >= 4 is 12.1 Å². The molecule has 0 heterocycles. The minimum Gasteiger partial charge on any atom is -0.450 e. The quantitative estimate of drug-likeness (QED) is 0.286. The number of alkyl carbamates (subject to hydrolysis) is 1. The maximum atomic E-state index is 11.6. The van der Waals surface area contributed by atoms with Crippen LogP contribution in [0, 0.1) is 5.92 Å². The third-order valence-corrected chi connectivity index (χ3v) is 3.88. The highest BCUT2D eigenvalue weighted by atomic mass is 16.5. The first-order chi connectivity index (χ1) is 11.7. The summed E-state index contributed by atoms with van der Waals surface area (Å²) in [5.74, 6) is 1.28. The minimum atomic E-state index is -0.344. The molecule has 1 atom stereocenters. The lowest BCUT2D eigenvalue weighted by molar-refractivity contribution is 0.129.